The Morgan fingerprint density at radius 2 is 1.92 bits per heavy atom. The van der Waals surface area contributed by atoms with Crippen LogP contribution in [0.3, 0.4) is 0 Å². The zero-order valence-electron chi connectivity index (χ0n) is 15.1. The molecule has 4 aromatic heterocycles. The molecule has 0 aliphatic heterocycles. The van der Waals surface area contributed by atoms with Crippen molar-refractivity contribution < 1.29 is 0 Å². The Balaban J connectivity index is 1.81. The second kappa shape index (κ2) is 6.55. The molecule has 4 heterocycles. The summed E-state index contributed by atoms with van der Waals surface area (Å²) in [5.74, 6) is 1.70. The van der Waals surface area contributed by atoms with Crippen LogP contribution in [0.1, 0.15) is 22.4 Å². The molecule has 26 heavy (non-hydrogen) atoms. The van der Waals surface area contributed by atoms with Gasteiger partial charge in [-0.05, 0) is 55.7 Å². The zero-order chi connectivity index (χ0) is 18.1. The third kappa shape index (κ3) is 2.79. The standard InChI is InChI=1S/C20H20N6/c1-13-6-8-22-17(9-13)26-15(3)14(2)18-19(24-12-25-20(18)26)23-11-16-5-4-7-21-10-16/h4-10,12H,11H2,1-3H3,(H,23,24,25). The second-order valence-electron chi connectivity index (χ2n) is 6.37. The van der Waals surface area contributed by atoms with Crippen LogP contribution in [0, 0.1) is 20.8 Å². The van der Waals surface area contributed by atoms with Crippen molar-refractivity contribution in [1.29, 1.82) is 0 Å². The van der Waals surface area contributed by atoms with E-state index in [9.17, 15) is 0 Å². The summed E-state index contributed by atoms with van der Waals surface area (Å²) in [7, 11) is 0. The highest BCUT2D eigenvalue weighted by Gasteiger charge is 2.18. The van der Waals surface area contributed by atoms with Gasteiger partial charge in [-0.3, -0.25) is 9.55 Å². The molecule has 0 fully saturated rings. The fraction of sp³-hybridized carbons (Fsp3) is 0.200. The van der Waals surface area contributed by atoms with Crippen LogP contribution in [0.15, 0.2) is 49.2 Å². The van der Waals surface area contributed by atoms with Crippen molar-refractivity contribution in [2.45, 2.75) is 27.3 Å². The maximum Gasteiger partial charge on any atom is 0.151 e. The number of anilines is 1. The minimum absolute atomic E-state index is 0.659. The lowest BCUT2D eigenvalue weighted by molar-refractivity contribution is 0.961. The third-order valence-electron chi connectivity index (χ3n) is 4.61. The van der Waals surface area contributed by atoms with Gasteiger partial charge in [0.2, 0.25) is 0 Å². The molecular weight excluding hydrogens is 324 g/mol. The number of nitrogens with zero attached hydrogens (tertiary/aromatic N) is 5. The van der Waals surface area contributed by atoms with Gasteiger partial charge in [0.1, 0.15) is 18.0 Å². The average molecular weight is 344 g/mol. The lowest BCUT2D eigenvalue weighted by Gasteiger charge is -2.08. The maximum atomic E-state index is 4.54. The summed E-state index contributed by atoms with van der Waals surface area (Å²) < 4.78 is 2.09. The van der Waals surface area contributed by atoms with Crippen LogP contribution in [-0.4, -0.2) is 24.5 Å². The van der Waals surface area contributed by atoms with Crippen molar-refractivity contribution >= 4 is 16.9 Å². The molecule has 6 heteroatoms. The Morgan fingerprint density at radius 1 is 1.04 bits per heavy atom. The minimum Gasteiger partial charge on any atom is -0.365 e. The van der Waals surface area contributed by atoms with Crippen molar-refractivity contribution in [2.24, 2.45) is 0 Å². The topological polar surface area (TPSA) is 68.5 Å². The smallest absolute Gasteiger partial charge is 0.151 e. The minimum atomic E-state index is 0.659. The molecule has 4 aromatic rings. The SMILES string of the molecule is Cc1ccnc(-n2c(C)c(C)c3c(NCc4cccnc4)ncnc32)c1. The summed E-state index contributed by atoms with van der Waals surface area (Å²) in [6.45, 7) is 6.91. The maximum absolute atomic E-state index is 4.54. The molecule has 0 unspecified atom stereocenters. The fourth-order valence-corrected chi connectivity index (χ4v) is 3.14. The van der Waals surface area contributed by atoms with E-state index in [0.717, 1.165) is 45.1 Å². The van der Waals surface area contributed by atoms with Crippen molar-refractivity contribution in [3.05, 3.63) is 71.6 Å². The summed E-state index contributed by atoms with van der Waals surface area (Å²) in [5, 5.41) is 4.45. The van der Waals surface area contributed by atoms with Crippen molar-refractivity contribution in [2.75, 3.05) is 5.32 Å². The van der Waals surface area contributed by atoms with E-state index in [1.54, 1.807) is 12.5 Å². The summed E-state index contributed by atoms with van der Waals surface area (Å²) >= 11 is 0. The van der Waals surface area contributed by atoms with Gasteiger partial charge in [-0.1, -0.05) is 6.07 Å². The van der Waals surface area contributed by atoms with Gasteiger partial charge < -0.3 is 5.32 Å². The number of hydrogen-bond donors (Lipinski definition) is 1. The largest absolute Gasteiger partial charge is 0.365 e. The van der Waals surface area contributed by atoms with E-state index in [2.05, 4.69) is 56.7 Å². The van der Waals surface area contributed by atoms with Crippen LogP contribution in [0.4, 0.5) is 5.82 Å². The van der Waals surface area contributed by atoms with Gasteiger partial charge in [-0.25, -0.2) is 15.0 Å². The molecule has 0 radical (unpaired) electrons. The van der Waals surface area contributed by atoms with E-state index in [-0.39, 0.29) is 0 Å². The van der Waals surface area contributed by atoms with Gasteiger partial charge in [0.05, 0.1) is 5.39 Å². The lowest BCUT2D eigenvalue weighted by atomic mass is 10.2. The molecule has 4 rings (SSSR count). The van der Waals surface area contributed by atoms with Crippen molar-refractivity contribution in [1.82, 2.24) is 24.5 Å². The molecule has 0 aliphatic rings. The van der Waals surface area contributed by atoms with E-state index in [4.69, 9.17) is 0 Å². The monoisotopic (exact) mass is 344 g/mol. The average Bonchev–Trinajstić information content (AvgIpc) is 2.92. The number of rotatable bonds is 4. The van der Waals surface area contributed by atoms with Crippen LogP contribution in [0.5, 0.6) is 0 Å². The Hall–Kier alpha value is -3.28. The second-order valence-corrected chi connectivity index (χ2v) is 6.37. The number of aryl methyl sites for hydroxylation is 2. The van der Waals surface area contributed by atoms with Gasteiger partial charge in [0.15, 0.2) is 5.65 Å². The van der Waals surface area contributed by atoms with E-state index in [0.29, 0.717) is 6.54 Å². The van der Waals surface area contributed by atoms with Crippen LogP contribution >= 0.6 is 0 Å². The van der Waals surface area contributed by atoms with Gasteiger partial charge in [0, 0.05) is 30.8 Å². The highest BCUT2D eigenvalue weighted by atomic mass is 15.1. The third-order valence-corrected chi connectivity index (χ3v) is 4.61. The summed E-state index contributed by atoms with van der Waals surface area (Å²) in [4.78, 5) is 17.7. The molecule has 6 nitrogen and oxygen atoms in total. The molecule has 0 saturated heterocycles. The Bertz CT molecular complexity index is 1070. The zero-order valence-corrected chi connectivity index (χ0v) is 15.1. The summed E-state index contributed by atoms with van der Waals surface area (Å²) in [6.07, 6.45) is 7.05. The molecular formula is C20H20N6. The van der Waals surface area contributed by atoms with Crippen LogP contribution < -0.4 is 5.32 Å². The van der Waals surface area contributed by atoms with Crippen molar-refractivity contribution in [3.63, 3.8) is 0 Å². The first-order valence-corrected chi connectivity index (χ1v) is 8.53. The van der Waals surface area contributed by atoms with Crippen LogP contribution in [-0.2, 0) is 6.54 Å². The quantitative estimate of drug-likeness (QED) is 0.611. The first kappa shape index (κ1) is 16.2. The number of aromatic nitrogens is 5. The molecule has 0 saturated carbocycles. The number of pyridine rings is 2. The molecule has 0 bridgehead atoms. The van der Waals surface area contributed by atoms with E-state index >= 15 is 0 Å². The molecule has 0 spiro atoms. The van der Waals surface area contributed by atoms with Gasteiger partial charge >= 0.3 is 0 Å². The lowest BCUT2D eigenvalue weighted by Crippen LogP contribution is -2.04. The number of fused-ring (bicyclic) bond motifs is 1. The van der Waals surface area contributed by atoms with E-state index < -0.39 is 0 Å². The predicted octanol–water partition coefficient (Wildman–Crippen LogP) is 3.75. The van der Waals surface area contributed by atoms with Crippen LogP contribution in [0.2, 0.25) is 0 Å². The predicted molar refractivity (Wildman–Crippen MR) is 102 cm³/mol. The van der Waals surface area contributed by atoms with Crippen LogP contribution in [0.25, 0.3) is 16.9 Å². The van der Waals surface area contributed by atoms with E-state index in [1.807, 2.05) is 30.6 Å². The van der Waals surface area contributed by atoms with Gasteiger partial charge in [-0.15, -0.1) is 0 Å². The number of nitrogens with one attached hydrogen (secondary N) is 1. The molecule has 0 aliphatic carbocycles. The Labute approximate surface area is 152 Å². The molecule has 1 N–H and O–H groups in total. The van der Waals surface area contributed by atoms with Gasteiger partial charge in [-0.2, -0.15) is 0 Å². The van der Waals surface area contributed by atoms with Gasteiger partial charge in [0.25, 0.3) is 0 Å². The first-order valence-electron chi connectivity index (χ1n) is 8.53. The summed E-state index contributed by atoms with van der Waals surface area (Å²) in [5.41, 5.74) is 5.40. The van der Waals surface area contributed by atoms with E-state index in [1.165, 1.54) is 0 Å². The first-order chi connectivity index (χ1) is 12.6. The highest BCUT2D eigenvalue weighted by Crippen LogP contribution is 2.30. The Kier molecular flexibility index (Phi) is 4.08. The molecule has 0 amide bonds. The Morgan fingerprint density at radius 3 is 2.69 bits per heavy atom. The highest BCUT2D eigenvalue weighted by molar-refractivity contribution is 5.92. The summed E-state index contributed by atoms with van der Waals surface area (Å²) in [6, 6.07) is 8.03. The molecule has 0 atom stereocenters. The molecule has 0 aromatic carbocycles. The van der Waals surface area contributed by atoms with Crippen molar-refractivity contribution in [3.8, 4) is 5.82 Å². The normalized spacial score (nSPS) is 11.0. The fourth-order valence-electron chi connectivity index (χ4n) is 3.14. The molecule has 130 valence electrons. The number of hydrogen-bond acceptors (Lipinski definition) is 5.